The lowest BCUT2D eigenvalue weighted by Gasteiger charge is -2.11. The first-order valence-electron chi connectivity index (χ1n) is 4.52. The number of aliphatic hydroxyl groups excluding tert-OH is 1. The van der Waals surface area contributed by atoms with Gasteiger partial charge in [0.05, 0.1) is 12.6 Å². The molecule has 0 heterocycles. The normalized spacial score (nSPS) is 12.4. The standard InChI is InChI=1S/C10H13FN2O2/c11-8-4-2-1-3-7(8)9(14)5-13-6-10(12)15/h1-4,9,13-14H,5-6H2,(H2,12,15). The molecule has 15 heavy (non-hydrogen) atoms. The third-order valence-electron chi connectivity index (χ3n) is 1.90. The summed E-state index contributed by atoms with van der Waals surface area (Å²) in [5.74, 6) is -0.985. The predicted molar refractivity (Wildman–Crippen MR) is 53.4 cm³/mol. The van der Waals surface area contributed by atoms with E-state index < -0.39 is 17.8 Å². The van der Waals surface area contributed by atoms with Gasteiger partial charge in [-0.15, -0.1) is 0 Å². The van der Waals surface area contributed by atoms with E-state index in [9.17, 15) is 14.3 Å². The Labute approximate surface area is 86.9 Å². The molecule has 1 aromatic rings. The van der Waals surface area contributed by atoms with Gasteiger partial charge in [-0.05, 0) is 6.07 Å². The van der Waals surface area contributed by atoms with Crippen LogP contribution < -0.4 is 11.1 Å². The first kappa shape index (κ1) is 11.6. The fourth-order valence-corrected chi connectivity index (χ4v) is 1.19. The zero-order valence-electron chi connectivity index (χ0n) is 8.11. The highest BCUT2D eigenvalue weighted by molar-refractivity contribution is 5.75. The van der Waals surface area contributed by atoms with E-state index in [0.29, 0.717) is 0 Å². The number of halogens is 1. The van der Waals surface area contributed by atoms with Crippen LogP contribution in [0.3, 0.4) is 0 Å². The van der Waals surface area contributed by atoms with Crippen molar-refractivity contribution in [3.05, 3.63) is 35.6 Å². The SMILES string of the molecule is NC(=O)CNCC(O)c1ccccc1F. The van der Waals surface area contributed by atoms with E-state index in [4.69, 9.17) is 5.73 Å². The van der Waals surface area contributed by atoms with Crippen molar-refractivity contribution in [2.75, 3.05) is 13.1 Å². The quantitative estimate of drug-likeness (QED) is 0.639. The van der Waals surface area contributed by atoms with Crippen molar-refractivity contribution in [2.24, 2.45) is 5.73 Å². The van der Waals surface area contributed by atoms with Gasteiger partial charge in [0.1, 0.15) is 5.82 Å². The number of hydrogen-bond donors (Lipinski definition) is 3. The van der Waals surface area contributed by atoms with E-state index in [1.807, 2.05) is 0 Å². The summed E-state index contributed by atoms with van der Waals surface area (Å²) in [5, 5.41) is 12.2. The van der Waals surface area contributed by atoms with Crippen molar-refractivity contribution in [1.29, 1.82) is 0 Å². The summed E-state index contributed by atoms with van der Waals surface area (Å²) < 4.78 is 13.1. The lowest BCUT2D eigenvalue weighted by Crippen LogP contribution is -2.31. The Morgan fingerprint density at radius 3 is 2.80 bits per heavy atom. The van der Waals surface area contributed by atoms with Gasteiger partial charge in [0, 0.05) is 12.1 Å². The second-order valence-corrected chi connectivity index (χ2v) is 3.13. The zero-order valence-corrected chi connectivity index (χ0v) is 8.11. The number of nitrogens with two attached hydrogens (primary N) is 1. The summed E-state index contributed by atoms with van der Waals surface area (Å²) in [5.41, 5.74) is 5.09. The molecule has 0 spiro atoms. The fourth-order valence-electron chi connectivity index (χ4n) is 1.19. The molecule has 1 aromatic carbocycles. The van der Waals surface area contributed by atoms with Crippen LogP contribution in [0.1, 0.15) is 11.7 Å². The summed E-state index contributed by atoms with van der Waals surface area (Å²) in [6.07, 6.45) is -0.981. The van der Waals surface area contributed by atoms with Crippen LogP contribution in [0.5, 0.6) is 0 Å². The van der Waals surface area contributed by atoms with Gasteiger partial charge in [-0.3, -0.25) is 4.79 Å². The molecule has 1 unspecified atom stereocenters. The average Bonchev–Trinajstić information content (AvgIpc) is 2.17. The molecule has 0 radical (unpaired) electrons. The van der Waals surface area contributed by atoms with Crippen LogP contribution in [0.15, 0.2) is 24.3 Å². The third-order valence-corrected chi connectivity index (χ3v) is 1.90. The topological polar surface area (TPSA) is 75.4 Å². The molecule has 0 saturated carbocycles. The number of primary amides is 1. The minimum Gasteiger partial charge on any atom is -0.387 e. The van der Waals surface area contributed by atoms with E-state index in [1.54, 1.807) is 12.1 Å². The number of aliphatic hydroxyl groups is 1. The highest BCUT2D eigenvalue weighted by atomic mass is 19.1. The smallest absolute Gasteiger partial charge is 0.231 e. The molecule has 0 bridgehead atoms. The summed E-state index contributed by atoms with van der Waals surface area (Å²) in [6, 6.07) is 5.94. The van der Waals surface area contributed by atoms with Gasteiger partial charge < -0.3 is 16.2 Å². The summed E-state index contributed by atoms with van der Waals surface area (Å²) in [6.45, 7) is 0.0510. The van der Waals surface area contributed by atoms with Crippen LogP contribution in [-0.4, -0.2) is 24.1 Å². The number of nitrogens with one attached hydrogen (secondary N) is 1. The molecular weight excluding hydrogens is 199 g/mol. The second-order valence-electron chi connectivity index (χ2n) is 3.13. The zero-order chi connectivity index (χ0) is 11.3. The maximum atomic E-state index is 13.1. The van der Waals surface area contributed by atoms with Crippen molar-refractivity contribution in [3.63, 3.8) is 0 Å². The molecule has 0 aromatic heterocycles. The lowest BCUT2D eigenvalue weighted by molar-refractivity contribution is -0.117. The largest absolute Gasteiger partial charge is 0.387 e. The Kier molecular flexibility index (Phi) is 4.20. The highest BCUT2D eigenvalue weighted by Crippen LogP contribution is 2.15. The minimum atomic E-state index is -0.981. The first-order chi connectivity index (χ1) is 7.11. The van der Waals surface area contributed by atoms with Gasteiger partial charge in [-0.2, -0.15) is 0 Å². The molecular formula is C10H13FN2O2. The molecule has 0 aliphatic carbocycles. The van der Waals surface area contributed by atoms with Crippen LogP contribution in [0, 0.1) is 5.82 Å². The van der Waals surface area contributed by atoms with Gasteiger partial charge in [0.15, 0.2) is 0 Å². The molecule has 4 nitrogen and oxygen atoms in total. The average molecular weight is 212 g/mol. The van der Waals surface area contributed by atoms with Crippen molar-refractivity contribution >= 4 is 5.91 Å². The van der Waals surface area contributed by atoms with E-state index >= 15 is 0 Å². The molecule has 4 N–H and O–H groups in total. The summed E-state index contributed by atoms with van der Waals surface area (Å²) in [4.78, 5) is 10.4. The summed E-state index contributed by atoms with van der Waals surface area (Å²) in [7, 11) is 0. The van der Waals surface area contributed by atoms with Crippen molar-refractivity contribution in [1.82, 2.24) is 5.32 Å². The maximum Gasteiger partial charge on any atom is 0.231 e. The third kappa shape index (κ3) is 3.65. The van der Waals surface area contributed by atoms with E-state index in [2.05, 4.69) is 5.32 Å². The number of hydrogen-bond acceptors (Lipinski definition) is 3. The molecule has 0 saturated heterocycles. The number of carbonyl (C=O) groups excluding carboxylic acids is 1. The monoisotopic (exact) mass is 212 g/mol. The molecule has 5 heteroatoms. The number of rotatable bonds is 5. The van der Waals surface area contributed by atoms with Gasteiger partial charge in [0.2, 0.25) is 5.91 Å². The van der Waals surface area contributed by atoms with Crippen LogP contribution in [0.25, 0.3) is 0 Å². The van der Waals surface area contributed by atoms with Crippen molar-refractivity contribution in [3.8, 4) is 0 Å². The van der Waals surface area contributed by atoms with Gasteiger partial charge in [-0.1, -0.05) is 18.2 Å². The van der Waals surface area contributed by atoms with Crippen LogP contribution in [-0.2, 0) is 4.79 Å². The number of carbonyl (C=O) groups is 1. The molecule has 1 rings (SSSR count). The fraction of sp³-hybridized carbons (Fsp3) is 0.300. The van der Waals surface area contributed by atoms with Crippen LogP contribution in [0.4, 0.5) is 4.39 Å². The highest BCUT2D eigenvalue weighted by Gasteiger charge is 2.11. The first-order valence-corrected chi connectivity index (χ1v) is 4.52. The minimum absolute atomic E-state index is 0.0362. The van der Waals surface area contributed by atoms with Gasteiger partial charge in [-0.25, -0.2) is 4.39 Å². The van der Waals surface area contributed by atoms with Crippen molar-refractivity contribution < 1.29 is 14.3 Å². The molecule has 1 amide bonds. The van der Waals surface area contributed by atoms with Crippen LogP contribution in [0.2, 0.25) is 0 Å². The molecule has 82 valence electrons. The van der Waals surface area contributed by atoms with Gasteiger partial charge in [0.25, 0.3) is 0 Å². The Morgan fingerprint density at radius 2 is 2.20 bits per heavy atom. The molecule has 0 fully saturated rings. The second kappa shape index (κ2) is 5.43. The maximum absolute atomic E-state index is 13.1. The molecule has 0 aliphatic heterocycles. The summed E-state index contributed by atoms with van der Waals surface area (Å²) >= 11 is 0. The predicted octanol–water partition coefficient (Wildman–Crippen LogP) is -0.0660. The van der Waals surface area contributed by atoms with Crippen LogP contribution >= 0.6 is 0 Å². The number of benzene rings is 1. The van der Waals surface area contributed by atoms with E-state index in [1.165, 1.54) is 12.1 Å². The molecule has 0 aliphatic rings. The lowest BCUT2D eigenvalue weighted by atomic mass is 10.1. The van der Waals surface area contributed by atoms with Gasteiger partial charge >= 0.3 is 0 Å². The Balaban J connectivity index is 2.50. The molecule has 1 atom stereocenters. The van der Waals surface area contributed by atoms with E-state index in [0.717, 1.165) is 0 Å². The van der Waals surface area contributed by atoms with Crippen molar-refractivity contribution in [2.45, 2.75) is 6.10 Å². The Bertz CT molecular complexity index is 344. The Hall–Kier alpha value is -1.46. The number of amides is 1. The Morgan fingerprint density at radius 1 is 1.53 bits per heavy atom. The van der Waals surface area contributed by atoms with E-state index in [-0.39, 0.29) is 18.7 Å².